The number of nitrogens with two attached hydrogens (primary N) is 3. The Morgan fingerprint density at radius 2 is 1.24 bits per heavy atom. The highest BCUT2D eigenvalue weighted by Crippen LogP contribution is 2.56. The van der Waals surface area contributed by atoms with E-state index in [2.05, 4.69) is 20.3 Å². The van der Waals surface area contributed by atoms with Crippen LogP contribution in [-0.4, -0.2) is 300 Å². The van der Waals surface area contributed by atoms with Crippen molar-refractivity contribution in [1.82, 2.24) is 58.7 Å². The number of thiazole rings is 1. The fourth-order valence-electron chi connectivity index (χ4n) is 18.6. The number of carbonyl (C=O) groups excluding carboxylic acids is 8. The Bertz CT molecular complexity index is 5030. The normalized spacial score (nSPS) is 29.2. The van der Waals surface area contributed by atoms with Crippen molar-refractivity contribution in [3.63, 3.8) is 0 Å². The van der Waals surface area contributed by atoms with E-state index in [1.54, 1.807) is 74.2 Å². The Kier molecular flexibility index (Phi) is 24.9. The first kappa shape index (κ1) is 86.7. The van der Waals surface area contributed by atoms with Gasteiger partial charge in [-0.1, -0.05) is 20.8 Å². The molecule has 0 aromatic carbocycles. The Hall–Kier alpha value is -10.2. The van der Waals surface area contributed by atoms with Gasteiger partial charge in [-0.2, -0.15) is 13.9 Å². The largest absolute Gasteiger partial charge is 0.477 e. The maximum Gasteiger partial charge on any atom is 0.353 e. The number of aliphatic carboxylic acids is 4. The number of aliphatic hydroxyl groups is 4. The van der Waals surface area contributed by atoms with Crippen molar-refractivity contribution in [3.05, 3.63) is 103 Å². The van der Waals surface area contributed by atoms with Gasteiger partial charge in [-0.15, -0.1) is 46.6 Å². The van der Waals surface area contributed by atoms with Crippen molar-refractivity contribution in [2.75, 3.05) is 46.3 Å². The molecule has 4 aromatic heterocycles. The van der Waals surface area contributed by atoms with Crippen LogP contribution in [0.5, 0.6) is 0 Å². The number of nitrogens with one attached hydrogen (secondary N) is 2. The lowest BCUT2D eigenvalue weighted by Crippen LogP contribution is -2.63. The van der Waals surface area contributed by atoms with Gasteiger partial charge in [0.05, 0.1) is 106 Å². The molecule has 43 heteroatoms. The molecule has 0 aliphatic carbocycles. The molecule has 4 aromatic rings. The summed E-state index contributed by atoms with van der Waals surface area (Å²) in [6.07, 6.45) is 9.14. The average molecular weight is 1720 g/mol. The minimum atomic E-state index is -1.22. The molecule has 39 nitrogen and oxygen atoms in total. The maximum atomic E-state index is 13.3. The average Bonchev–Trinajstić information content (AvgIpc) is 1.56. The van der Waals surface area contributed by atoms with Gasteiger partial charge in [0.2, 0.25) is 54.1 Å². The van der Waals surface area contributed by atoms with Crippen LogP contribution in [0.15, 0.2) is 92.2 Å². The fraction of sp³-hybridized carbons (Fsp3) is 0.553. The summed E-state index contributed by atoms with van der Waals surface area (Å²) in [5.74, 6) is -9.62. The summed E-state index contributed by atoms with van der Waals surface area (Å²) in [7, 11) is 1.87. The molecule has 7 amide bonds. The molecule has 0 spiro atoms. The third-order valence-electron chi connectivity index (χ3n) is 24.1. The Morgan fingerprint density at radius 3 is 1.77 bits per heavy atom. The zero-order chi connectivity index (χ0) is 86.4. The number of carboxylic acids is 4. The number of imidazole rings is 1. The van der Waals surface area contributed by atoms with Crippen LogP contribution in [0.3, 0.4) is 0 Å². The third kappa shape index (κ3) is 16.1. The summed E-state index contributed by atoms with van der Waals surface area (Å²) in [6.45, 7) is 18.0. The van der Waals surface area contributed by atoms with Crippen LogP contribution in [0.25, 0.3) is 10.4 Å². The summed E-state index contributed by atoms with van der Waals surface area (Å²) in [6, 6.07) is 1.44. The van der Waals surface area contributed by atoms with Crippen LogP contribution in [0.4, 0.5) is 0 Å². The fourth-order valence-corrected chi connectivity index (χ4v) is 24.4. The molecule has 0 radical (unpaired) electrons. The lowest BCUT2D eigenvalue weighted by atomic mass is 9.77. The number of likely N-dealkylation sites (tertiary alicyclic amines) is 3. The summed E-state index contributed by atoms with van der Waals surface area (Å²) >= 11 is 5.70. The number of likely N-dealkylation sites (N-methyl/N-ethyl adjacent to an activating group) is 1. The van der Waals surface area contributed by atoms with E-state index >= 15 is 0 Å². The number of fused-ring (bicyclic) bond motifs is 6. The van der Waals surface area contributed by atoms with Crippen LogP contribution in [0, 0.1) is 46.8 Å². The molecule has 19 atom stereocenters. The van der Waals surface area contributed by atoms with Crippen molar-refractivity contribution in [3.8, 4) is 0 Å². The van der Waals surface area contributed by atoms with E-state index < -0.39 is 89.8 Å². The summed E-state index contributed by atoms with van der Waals surface area (Å²) < 4.78 is 7.15. The van der Waals surface area contributed by atoms with E-state index in [0.29, 0.717) is 70.5 Å². The Labute approximate surface area is 698 Å². The topological polar surface area (TPSA) is 559 Å². The molecule has 0 unspecified atom stereocenters. The zero-order valence-electron chi connectivity index (χ0n) is 66.5. The number of ketones is 1. The molecular weight excluding hydrogens is 1630 g/mol. The molecule has 16 N–H and O–H groups in total. The second-order valence-electron chi connectivity index (χ2n) is 32.1. The second-order valence-corrected chi connectivity index (χ2v) is 37.2. The van der Waals surface area contributed by atoms with Gasteiger partial charge in [0, 0.05) is 106 Å². The van der Waals surface area contributed by atoms with Gasteiger partial charge in [-0.3, -0.25) is 53.1 Å². The third-order valence-corrected chi connectivity index (χ3v) is 29.6. The highest BCUT2D eigenvalue weighted by atomic mass is 32.2. The van der Waals surface area contributed by atoms with Gasteiger partial charge in [-0.05, 0) is 72.0 Å². The van der Waals surface area contributed by atoms with E-state index in [0.717, 1.165) is 42.4 Å². The van der Waals surface area contributed by atoms with Crippen LogP contribution >= 0.6 is 46.6 Å². The number of rotatable bonds is 23. The number of primary amides is 1. The number of carbonyl (C=O) groups is 12. The van der Waals surface area contributed by atoms with Crippen molar-refractivity contribution in [2.24, 2.45) is 63.6 Å². The van der Waals surface area contributed by atoms with Crippen molar-refractivity contribution < 1.29 is 108 Å². The highest BCUT2D eigenvalue weighted by molar-refractivity contribution is 8.04. The van der Waals surface area contributed by atoms with Gasteiger partial charge in [0.25, 0.3) is 5.91 Å². The number of hydrogen-bond acceptors (Lipinski definition) is 25. The van der Waals surface area contributed by atoms with Gasteiger partial charge in [-0.25, -0.2) is 29.2 Å². The van der Waals surface area contributed by atoms with Crippen LogP contribution in [0.1, 0.15) is 102 Å². The van der Waals surface area contributed by atoms with Crippen LogP contribution < -0.4 is 31.8 Å². The van der Waals surface area contributed by atoms with Gasteiger partial charge in [0.1, 0.15) is 52.7 Å². The number of aliphatic hydroxyl groups excluding tert-OH is 4. The first-order valence-corrected chi connectivity index (χ1v) is 42.4. The standard InChI is InChI=1S/C23H35N7O6S.C23H21N5O6S.C15H18N4O4S.C15H21N3O4S/c1-10-17-16(11(2)31)21(34)30(17)18(22(35)36)19(10)37-13-6-14(28(3)9-13)20(33)29-5-4-12(8-29)27-15(32)7-26-23(24)25;1-10-15(19(23(33)34)28-18(10)16(11(2)29)21(28)32)13-7-27-9-25-17(22(27)35-13)20(31)12-4-3-5-26(6-12)8-14(24)30;1-7-11-10(8(2)20)14(21)19(11)12(15(22)23)13(7)24-9-3-17-5-16-6-18(17)4-9;1-7(19)12-10-5-11(13(15(21)22)18(10)14(12)20)23-9-3-4-17(6-9)8(2)16/h10-14,16-17,31H,4-9H2,1-3H3,(H,27,32)(H,35,36)(H4,24,25,26);3-7,9-11,16,18,29H,8H2,1-2H3,(H2-,24,30,33,34);5-11,20H,3-4H2,1-2H3;7,9-10,12,16,19H,3-6H2,1-2H3,(H,21,22)/p+2/t10-,11-,12+,13+,14+,16-,17-;10-,11+,16+,18+;7-,8-,10-,11-;7-,9+,10-,12-/m1011/s1. The number of carboxylic acid groups (broad SMARTS) is 4. The minimum absolute atomic E-state index is 0.000632. The van der Waals surface area contributed by atoms with Gasteiger partial charge >= 0.3 is 30.2 Å². The predicted octanol–water partition coefficient (Wildman–Crippen LogP) is -1.87. The van der Waals surface area contributed by atoms with E-state index in [4.69, 9.17) is 22.6 Å². The highest BCUT2D eigenvalue weighted by Gasteiger charge is 2.64. The number of aliphatic imine (C=N–C) groups is 1. The van der Waals surface area contributed by atoms with Crippen LogP contribution in [-0.2, 0) is 72.4 Å². The Morgan fingerprint density at radius 1 is 0.681 bits per heavy atom. The SMILES string of the molecule is CC(=N)N1CC[C@H](SC2=C(C(=O)O)N3C(=O)[C@H]([C@@H](C)O)[C@H]3C2)C1.C[C@@H](O)[C@H]1C(=O)N2C(C(=O)O)=C(SC3Cn4cnc[n+]4C3)[C@H](C)[C@H]12.C[C@@H](O)[C@H]1C(=O)N2C(C(=O)O)=C(S[C@H]3C[C@@H](C(=O)N4CC[C@H](NC(=O)CN=C(N)N)C4)N(C)C3)[C@H](C)[C@H]12.C[C@@H](O)[C@H]1C(=O)N2C(C(=O)O)=C(c3cn4cnc(C(=O)c5ccc[n+](CC(N)=O)c5)c4s3)[C@H](C)[C@H]12. The molecule has 638 valence electrons. The predicted molar refractivity (Wildman–Crippen MR) is 427 cm³/mol. The molecule has 12 aliphatic heterocycles. The molecule has 119 heavy (non-hydrogen) atoms. The minimum Gasteiger partial charge on any atom is -0.477 e. The number of aromatic nitrogens is 6. The molecule has 7 fully saturated rings. The number of nitrogens with zero attached hydrogens (tertiary/aromatic N) is 14. The number of β-lactam (4-membered cyclic amide) rings is 4. The molecule has 0 saturated carbocycles. The lowest BCUT2D eigenvalue weighted by molar-refractivity contribution is -0.758. The first-order chi connectivity index (χ1) is 56.2. The van der Waals surface area contributed by atoms with Gasteiger partial charge < -0.3 is 92.8 Å². The summed E-state index contributed by atoms with van der Waals surface area (Å²) in [4.78, 5) is 173. The monoisotopic (exact) mass is 1720 g/mol. The number of hydrogen-bond donors (Lipinski definition) is 13. The first-order valence-electron chi connectivity index (χ1n) is 39.0. The van der Waals surface area contributed by atoms with E-state index in [1.807, 2.05) is 47.0 Å². The van der Waals surface area contributed by atoms with E-state index in [-0.39, 0.29) is 147 Å². The molecule has 16 heterocycles. The maximum absolute atomic E-state index is 13.3. The molecular formula is C76H97N19O20S4+2. The summed E-state index contributed by atoms with van der Waals surface area (Å²) in [5.41, 5.74) is 16.8. The quantitative estimate of drug-likeness (QED) is 0.0127. The van der Waals surface area contributed by atoms with Crippen molar-refractivity contribution in [2.45, 2.75) is 177 Å². The van der Waals surface area contributed by atoms with Crippen molar-refractivity contribution >= 4 is 140 Å². The number of amides is 7. The van der Waals surface area contributed by atoms with Crippen molar-refractivity contribution in [1.29, 1.82) is 5.41 Å². The Balaban J connectivity index is 0.000000140. The number of pyridine rings is 1. The molecule has 0 bridgehead atoms. The van der Waals surface area contributed by atoms with E-state index in [1.165, 1.54) is 90.2 Å². The number of thioether (sulfide) groups is 3. The number of guanidine groups is 1. The van der Waals surface area contributed by atoms with E-state index in [9.17, 15) is 98.4 Å². The number of amidine groups is 1. The summed E-state index contributed by atoms with van der Waals surface area (Å²) in [5, 5.41) is 89.5. The zero-order valence-corrected chi connectivity index (χ0v) is 69.7. The van der Waals surface area contributed by atoms with Crippen LogP contribution in [0.2, 0.25) is 0 Å². The second kappa shape index (κ2) is 34.2. The smallest absolute Gasteiger partial charge is 0.353 e. The molecule has 7 saturated heterocycles. The lowest BCUT2D eigenvalue weighted by Gasteiger charge is -2.46. The van der Waals surface area contributed by atoms with Gasteiger partial charge in [0.15, 0.2) is 18.4 Å². The molecule has 16 rings (SSSR count). The molecule has 12 aliphatic rings.